The van der Waals surface area contributed by atoms with E-state index in [0.29, 0.717) is 5.92 Å². The molecule has 1 amide bonds. The smallest absolute Gasteiger partial charge is 0.224 e. The van der Waals surface area contributed by atoms with Gasteiger partial charge in [0.05, 0.1) is 5.92 Å². The summed E-state index contributed by atoms with van der Waals surface area (Å²) in [6.45, 7) is 3.14. The van der Waals surface area contributed by atoms with Crippen LogP contribution in [0.3, 0.4) is 0 Å². The molecule has 3 rings (SSSR count). The Labute approximate surface area is 116 Å². The molecule has 2 bridgehead atoms. The second-order valence-corrected chi connectivity index (χ2v) is 7.37. The van der Waals surface area contributed by atoms with Crippen LogP contribution in [0, 0.1) is 29.6 Å². The fraction of sp³-hybridized carbons (Fsp3) is 0.938. The number of hydrogen-bond donors (Lipinski definition) is 2. The number of carbonyl (C=O) groups is 1. The van der Waals surface area contributed by atoms with Crippen LogP contribution in [0.15, 0.2) is 0 Å². The van der Waals surface area contributed by atoms with Gasteiger partial charge in [-0.2, -0.15) is 0 Å². The first-order valence-electron chi connectivity index (χ1n) is 8.16. The highest BCUT2D eigenvalue weighted by Crippen LogP contribution is 2.47. The van der Waals surface area contributed by atoms with E-state index < -0.39 is 0 Å². The molecule has 6 unspecified atom stereocenters. The lowest BCUT2D eigenvalue weighted by Gasteiger charge is -2.32. The Balaban J connectivity index is 1.48. The van der Waals surface area contributed by atoms with Crippen molar-refractivity contribution in [3.05, 3.63) is 0 Å². The Morgan fingerprint density at radius 2 is 2.00 bits per heavy atom. The zero-order valence-electron chi connectivity index (χ0n) is 12.1. The van der Waals surface area contributed by atoms with Crippen LogP contribution in [0.2, 0.25) is 0 Å². The van der Waals surface area contributed by atoms with Crippen LogP contribution in [0.1, 0.15) is 51.9 Å². The highest BCUT2D eigenvalue weighted by Gasteiger charge is 2.40. The van der Waals surface area contributed by atoms with Crippen molar-refractivity contribution in [2.45, 2.75) is 57.9 Å². The quantitative estimate of drug-likeness (QED) is 0.822. The summed E-state index contributed by atoms with van der Waals surface area (Å²) in [5, 5.41) is 3.21. The largest absolute Gasteiger partial charge is 0.356 e. The first kappa shape index (κ1) is 13.4. The van der Waals surface area contributed by atoms with E-state index in [-0.39, 0.29) is 17.9 Å². The van der Waals surface area contributed by atoms with Gasteiger partial charge in [0, 0.05) is 12.6 Å². The molecule has 6 atom stereocenters. The molecule has 0 spiro atoms. The van der Waals surface area contributed by atoms with Gasteiger partial charge in [0.1, 0.15) is 0 Å². The summed E-state index contributed by atoms with van der Waals surface area (Å²) >= 11 is 0. The minimum Gasteiger partial charge on any atom is -0.356 e. The molecular weight excluding hydrogens is 236 g/mol. The fourth-order valence-corrected chi connectivity index (χ4v) is 4.70. The van der Waals surface area contributed by atoms with Gasteiger partial charge in [0.2, 0.25) is 5.91 Å². The highest BCUT2D eigenvalue weighted by atomic mass is 16.1. The van der Waals surface area contributed by atoms with E-state index in [1.165, 1.54) is 32.1 Å². The average molecular weight is 264 g/mol. The van der Waals surface area contributed by atoms with E-state index >= 15 is 0 Å². The Bertz CT molecular complexity index is 344. The molecule has 0 radical (unpaired) electrons. The molecule has 0 saturated heterocycles. The molecule has 108 valence electrons. The van der Waals surface area contributed by atoms with Gasteiger partial charge in [-0.15, -0.1) is 0 Å². The van der Waals surface area contributed by atoms with E-state index in [1.807, 2.05) is 0 Å². The summed E-state index contributed by atoms with van der Waals surface area (Å²) in [4.78, 5) is 12.3. The third-order valence-electron chi connectivity index (χ3n) is 5.93. The third-order valence-corrected chi connectivity index (χ3v) is 5.93. The molecule has 0 aromatic heterocycles. The van der Waals surface area contributed by atoms with Crippen LogP contribution >= 0.6 is 0 Å². The standard InChI is InChI=1S/C16H28N2O/c1-10-2-5-15(17)14(6-10)16(19)18-9-13-8-11-3-4-12(13)7-11/h10-15H,2-9,17H2,1H3,(H,18,19). The van der Waals surface area contributed by atoms with Gasteiger partial charge in [-0.25, -0.2) is 0 Å². The summed E-state index contributed by atoms with van der Waals surface area (Å²) in [6.07, 6.45) is 8.75. The zero-order chi connectivity index (χ0) is 13.4. The molecular formula is C16H28N2O. The fourth-order valence-electron chi connectivity index (χ4n) is 4.70. The highest BCUT2D eigenvalue weighted by molar-refractivity contribution is 5.79. The Hall–Kier alpha value is -0.570. The SMILES string of the molecule is CC1CCC(N)C(C(=O)NCC2CC3CCC2C3)C1. The molecule has 19 heavy (non-hydrogen) atoms. The van der Waals surface area contributed by atoms with Crippen LogP contribution in [-0.2, 0) is 4.79 Å². The van der Waals surface area contributed by atoms with Gasteiger partial charge in [0.25, 0.3) is 0 Å². The molecule has 3 aliphatic carbocycles. The van der Waals surface area contributed by atoms with Crippen LogP contribution in [0.4, 0.5) is 0 Å². The van der Waals surface area contributed by atoms with E-state index in [1.54, 1.807) is 0 Å². The van der Waals surface area contributed by atoms with Crippen molar-refractivity contribution in [1.82, 2.24) is 5.32 Å². The molecule has 0 aliphatic heterocycles. The molecule has 3 nitrogen and oxygen atoms in total. The van der Waals surface area contributed by atoms with Gasteiger partial charge in [-0.3, -0.25) is 4.79 Å². The normalized spacial score (nSPS) is 45.4. The van der Waals surface area contributed by atoms with Gasteiger partial charge < -0.3 is 11.1 Å². The minimum absolute atomic E-state index is 0.0577. The molecule has 0 heterocycles. The number of nitrogens with two attached hydrogens (primary N) is 1. The number of amides is 1. The van der Waals surface area contributed by atoms with Gasteiger partial charge >= 0.3 is 0 Å². The minimum atomic E-state index is 0.0577. The van der Waals surface area contributed by atoms with Crippen LogP contribution in [-0.4, -0.2) is 18.5 Å². The van der Waals surface area contributed by atoms with Gasteiger partial charge in [-0.05, 0) is 62.2 Å². The second-order valence-electron chi connectivity index (χ2n) is 7.37. The van der Waals surface area contributed by atoms with Crippen LogP contribution in [0.5, 0.6) is 0 Å². The zero-order valence-corrected chi connectivity index (χ0v) is 12.1. The lowest BCUT2D eigenvalue weighted by Crippen LogP contribution is -2.46. The van der Waals surface area contributed by atoms with E-state index in [0.717, 1.165) is 37.1 Å². The third kappa shape index (κ3) is 2.81. The van der Waals surface area contributed by atoms with Crippen LogP contribution < -0.4 is 11.1 Å². The Kier molecular flexibility index (Phi) is 3.84. The first-order chi connectivity index (χ1) is 9.13. The Morgan fingerprint density at radius 1 is 1.16 bits per heavy atom. The van der Waals surface area contributed by atoms with Crippen molar-refractivity contribution in [3.8, 4) is 0 Å². The Morgan fingerprint density at radius 3 is 2.68 bits per heavy atom. The lowest BCUT2D eigenvalue weighted by molar-refractivity contribution is -0.127. The van der Waals surface area contributed by atoms with Crippen molar-refractivity contribution in [2.24, 2.45) is 35.3 Å². The van der Waals surface area contributed by atoms with Crippen molar-refractivity contribution in [1.29, 1.82) is 0 Å². The summed E-state index contributed by atoms with van der Waals surface area (Å²) in [5.74, 6) is 3.54. The summed E-state index contributed by atoms with van der Waals surface area (Å²) in [6, 6.07) is 0.0798. The topological polar surface area (TPSA) is 55.1 Å². The predicted molar refractivity (Wildman–Crippen MR) is 76.4 cm³/mol. The average Bonchev–Trinajstić information content (AvgIpc) is 3.01. The monoisotopic (exact) mass is 264 g/mol. The molecule has 0 aromatic carbocycles. The summed E-state index contributed by atoms with van der Waals surface area (Å²) < 4.78 is 0. The predicted octanol–water partition coefficient (Wildman–Crippen LogP) is 2.30. The first-order valence-corrected chi connectivity index (χ1v) is 8.16. The van der Waals surface area contributed by atoms with Crippen molar-refractivity contribution >= 4 is 5.91 Å². The molecule has 3 heteroatoms. The van der Waals surface area contributed by atoms with E-state index in [4.69, 9.17) is 5.73 Å². The maximum absolute atomic E-state index is 12.3. The van der Waals surface area contributed by atoms with E-state index in [9.17, 15) is 4.79 Å². The van der Waals surface area contributed by atoms with Crippen molar-refractivity contribution in [3.63, 3.8) is 0 Å². The molecule has 3 fully saturated rings. The van der Waals surface area contributed by atoms with E-state index in [2.05, 4.69) is 12.2 Å². The van der Waals surface area contributed by atoms with Crippen LogP contribution in [0.25, 0.3) is 0 Å². The van der Waals surface area contributed by atoms with Gasteiger partial charge in [-0.1, -0.05) is 13.3 Å². The maximum atomic E-state index is 12.3. The maximum Gasteiger partial charge on any atom is 0.224 e. The number of rotatable bonds is 3. The lowest BCUT2D eigenvalue weighted by atomic mass is 9.78. The number of hydrogen-bond acceptors (Lipinski definition) is 2. The second kappa shape index (κ2) is 5.43. The van der Waals surface area contributed by atoms with Gasteiger partial charge in [0.15, 0.2) is 0 Å². The van der Waals surface area contributed by atoms with Crippen molar-refractivity contribution < 1.29 is 4.79 Å². The molecule has 3 N–H and O–H groups in total. The number of fused-ring (bicyclic) bond motifs is 2. The molecule has 3 saturated carbocycles. The summed E-state index contributed by atoms with van der Waals surface area (Å²) in [7, 11) is 0. The number of carbonyl (C=O) groups excluding carboxylic acids is 1. The van der Waals surface area contributed by atoms with Crippen molar-refractivity contribution in [2.75, 3.05) is 6.54 Å². The number of nitrogens with one attached hydrogen (secondary N) is 1. The summed E-state index contributed by atoms with van der Waals surface area (Å²) in [5.41, 5.74) is 6.13. The molecule has 3 aliphatic rings. The molecule has 0 aromatic rings.